The predicted octanol–water partition coefficient (Wildman–Crippen LogP) is 0.948. The number of nitrogens with zero attached hydrogens (tertiary/aromatic N) is 1. The van der Waals surface area contributed by atoms with Crippen LogP contribution in [-0.2, 0) is 10.0 Å². The van der Waals surface area contributed by atoms with Gasteiger partial charge in [-0.25, -0.2) is 17.5 Å². The molecule has 0 aromatic heterocycles. The van der Waals surface area contributed by atoms with Crippen molar-refractivity contribution < 1.29 is 17.6 Å². The van der Waals surface area contributed by atoms with Crippen LogP contribution in [0.4, 0.5) is 4.39 Å². The van der Waals surface area contributed by atoms with Gasteiger partial charge < -0.3 is 10.2 Å². The van der Waals surface area contributed by atoms with E-state index in [4.69, 9.17) is 0 Å². The number of benzene rings is 1. The number of rotatable bonds is 6. The summed E-state index contributed by atoms with van der Waals surface area (Å²) in [5.74, 6) is -1.20. The van der Waals surface area contributed by atoms with E-state index in [9.17, 15) is 17.6 Å². The molecule has 2 N–H and O–H groups in total. The highest BCUT2D eigenvalue weighted by Gasteiger charge is 2.24. The van der Waals surface area contributed by atoms with Gasteiger partial charge in [-0.3, -0.25) is 4.79 Å². The zero-order valence-electron chi connectivity index (χ0n) is 13.3. The van der Waals surface area contributed by atoms with Gasteiger partial charge in [0.25, 0.3) is 5.91 Å². The number of sulfonamides is 1. The lowest BCUT2D eigenvalue weighted by molar-refractivity contribution is 0.0788. The lowest BCUT2D eigenvalue weighted by Gasteiger charge is -2.16. The summed E-state index contributed by atoms with van der Waals surface area (Å²) in [4.78, 5) is 13.6. The molecule has 2 rings (SSSR count). The quantitative estimate of drug-likeness (QED) is 0.806. The average molecular weight is 343 g/mol. The molecule has 1 heterocycles. The van der Waals surface area contributed by atoms with E-state index < -0.39 is 15.8 Å². The molecular weight excluding hydrogens is 321 g/mol. The van der Waals surface area contributed by atoms with Gasteiger partial charge >= 0.3 is 0 Å². The number of likely N-dealkylation sites (N-methyl/N-ethyl adjacent to an activating group) is 1. The van der Waals surface area contributed by atoms with Gasteiger partial charge in [0, 0.05) is 25.7 Å². The maximum Gasteiger partial charge on any atom is 0.256 e. The average Bonchev–Trinajstić information content (AvgIpc) is 3.06. The van der Waals surface area contributed by atoms with Crippen molar-refractivity contribution in [3.05, 3.63) is 29.6 Å². The summed E-state index contributed by atoms with van der Waals surface area (Å²) < 4.78 is 40.9. The van der Waals surface area contributed by atoms with E-state index in [0.29, 0.717) is 13.1 Å². The second-order valence-electron chi connectivity index (χ2n) is 5.68. The zero-order valence-corrected chi connectivity index (χ0v) is 14.1. The van der Waals surface area contributed by atoms with E-state index in [0.717, 1.165) is 18.9 Å². The number of carbonyl (C=O) groups excluding carboxylic acids is 1. The van der Waals surface area contributed by atoms with Gasteiger partial charge in [-0.1, -0.05) is 0 Å². The Hall–Kier alpha value is -1.51. The van der Waals surface area contributed by atoms with Crippen molar-refractivity contribution in [2.75, 3.05) is 26.7 Å². The summed E-state index contributed by atoms with van der Waals surface area (Å²) in [7, 11) is -2.08. The molecule has 0 spiro atoms. The van der Waals surface area contributed by atoms with E-state index in [1.807, 2.05) is 6.92 Å². The first-order valence-corrected chi connectivity index (χ1v) is 9.09. The summed E-state index contributed by atoms with van der Waals surface area (Å²) in [6.07, 6.45) is 1.82. The van der Waals surface area contributed by atoms with Crippen LogP contribution in [-0.4, -0.2) is 51.9 Å². The van der Waals surface area contributed by atoms with Crippen LogP contribution in [0.5, 0.6) is 0 Å². The normalized spacial score (nSPS) is 16.6. The lowest BCUT2D eigenvalue weighted by Crippen LogP contribution is -2.37. The molecule has 6 nitrogen and oxygen atoms in total. The van der Waals surface area contributed by atoms with Crippen LogP contribution in [0, 0.1) is 5.82 Å². The molecule has 1 unspecified atom stereocenters. The Balaban J connectivity index is 2.16. The summed E-state index contributed by atoms with van der Waals surface area (Å²) >= 11 is 0. The first kappa shape index (κ1) is 17.8. The monoisotopic (exact) mass is 343 g/mol. The van der Waals surface area contributed by atoms with Crippen LogP contribution in [0.1, 0.15) is 30.1 Å². The molecule has 8 heteroatoms. The van der Waals surface area contributed by atoms with Crippen LogP contribution in [0.15, 0.2) is 23.1 Å². The minimum atomic E-state index is -3.80. The van der Waals surface area contributed by atoms with E-state index >= 15 is 0 Å². The van der Waals surface area contributed by atoms with Crippen molar-refractivity contribution in [1.29, 1.82) is 0 Å². The van der Waals surface area contributed by atoms with Gasteiger partial charge in [-0.15, -0.1) is 0 Å². The summed E-state index contributed by atoms with van der Waals surface area (Å²) in [6.45, 7) is 3.24. The molecule has 1 aromatic carbocycles. The maximum atomic E-state index is 14.2. The number of likely N-dealkylation sites (tertiary alicyclic amines) is 1. The van der Waals surface area contributed by atoms with Gasteiger partial charge in [0.05, 0.1) is 10.5 Å². The van der Waals surface area contributed by atoms with Gasteiger partial charge in [-0.2, -0.15) is 0 Å². The first-order chi connectivity index (χ1) is 10.8. The second-order valence-corrected chi connectivity index (χ2v) is 7.45. The highest BCUT2D eigenvalue weighted by atomic mass is 32.2. The lowest BCUT2D eigenvalue weighted by atomic mass is 10.2. The molecule has 1 atom stereocenters. The summed E-state index contributed by atoms with van der Waals surface area (Å²) in [5, 5.41) is 2.90. The summed E-state index contributed by atoms with van der Waals surface area (Å²) in [5.41, 5.74) is -0.0885. The molecule has 0 saturated carbocycles. The molecule has 1 aliphatic rings. The Labute approximate surface area is 136 Å². The third-order valence-electron chi connectivity index (χ3n) is 3.95. The van der Waals surface area contributed by atoms with Gasteiger partial charge in [0.15, 0.2) is 0 Å². The van der Waals surface area contributed by atoms with E-state index in [1.54, 1.807) is 11.9 Å². The smallest absolute Gasteiger partial charge is 0.256 e. The molecule has 0 aliphatic carbocycles. The number of hydrogen-bond donors (Lipinski definition) is 2. The fourth-order valence-corrected chi connectivity index (χ4v) is 3.49. The number of hydrogen-bond acceptors (Lipinski definition) is 4. The topological polar surface area (TPSA) is 78.5 Å². The number of halogens is 1. The van der Waals surface area contributed by atoms with Gasteiger partial charge in [0.2, 0.25) is 10.0 Å². The first-order valence-electron chi connectivity index (χ1n) is 7.61. The Kier molecular flexibility index (Phi) is 5.72. The standard InChI is InChI=1S/C15H22FN3O3S/c1-11(17-2)10-18-23(21,22)12-5-6-13(14(16)9-12)15(20)19-7-3-4-8-19/h5-6,9,11,17-18H,3-4,7-8,10H2,1-2H3. The highest BCUT2D eigenvalue weighted by Crippen LogP contribution is 2.19. The van der Waals surface area contributed by atoms with E-state index in [1.165, 1.54) is 12.1 Å². The Morgan fingerprint density at radius 3 is 2.57 bits per heavy atom. The van der Waals surface area contributed by atoms with Crippen LogP contribution in [0.2, 0.25) is 0 Å². The molecule has 1 fully saturated rings. The number of amides is 1. The van der Waals surface area contributed by atoms with Crippen molar-refractivity contribution in [3.63, 3.8) is 0 Å². The largest absolute Gasteiger partial charge is 0.339 e. The Morgan fingerprint density at radius 2 is 2.00 bits per heavy atom. The molecule has 23 heavy (non-hydrogen) atoms. The van der Waals surface area contributed by atoms with Crippen molar-refractivity contribution in [2.45, 2.75) is 30.7 Å². The molecule has 128 valence electrons. The third-order valence-corrected chi connectivity index (χ3v) is 5.37. The number of nitrogens with one attached hydrogen (secondary N) is 2. The zero-order chi connectivity index (χ0) is 17.0. The number of carbonyl (C=O) groups is 1. The van der Waals surface area contributed by atoms with Crippen molar-refractivity contribution >= 4 is 15.9 Å². The predicted molar refractivity (Wildman–Crippen MR) is 85.2 cm³/mol. The van der Waals surface area contributed by atoms with E-state index in [2.05, 4.69) is 10.0 Å². The molecule has 1 amide bonds. The van der Waals surface area contributed by atoms with Crippen LogP contribution in [0.25, 0.3) is 0 Å². The van der Waals surface area contributed by atoms with Gasteiger partial charge in [-0.05, 0) is 45.0 Å². The second kappa shape index (κ2) is 7.37. The summed E-state index contributed by atoms with van der Waals surface area (Å²) in [6, 6.07) is 3.35. The van der Waals surface area contributed by atoms with Crippen LogP contribution in [0.3, 0.4) is 0 Å². The fraction of sp³-hybridized carbons (Fsp3) is 0.533. The van der Waals surface area contributed by atoms with E-state index in [-0.39, 0.29) is 29.0 Å². The molecule has 1 saturated heterocycles. The minimum Gasteiger partial charge on any atom is -0.339 e. The van der Waals surface area contributed by atoms with Crippen molar-refractivity contribution in [2.24, 2.45) is 0 Å². The van der Waals surface area contributed by atoms with Crippen molar-refractivity contribution in [1.82, 2.24) is 14.9 Å². The minimum absolute atomic E-state index is 0.0503. The Morgan fingerprint density at radius 1 is 1.35 bits per heavy atom. The maximum absolute atomic E-state index is 14.2. The molecule has 1 aliphatic heterocycles. The van der Waals surface area contributed by atoms with Crippen molar-refractivity contribution in [3.8, 4) is 0 Å². The fourth-order valence-electron chi connectivity index (χ4n) is 2.35. The third kappa shape index (κ3) is 4.27. The SMILES string of the molecule is CNC(C)CNS(=O)(=O)c1ccc(C(=O)N2CCCC2)c(F)c1. The highest BCUT2D eigenvalue weighted by molar-refractivity contribution is 7.89. The van der Waals surface area contributed by atoms with Crippen LogP contribution >= 0.6 is 0 Å². The van der Waals surface area contributed by atoms with Gasteiger partial charge in [0.1, 0.15) is 5.82 Å². The Bertz CT molecular complexity index is 673. The molecule has 0 radical (unpaired) electrons. The molecule has 1 aromatic rings. The van der Waals surface area contributed by atoms with Crippen LogP contribution < -0.4 is 10.0 Å². The molecular formula is C15H22FN3O3S. The molecule has 0 bridgehead atoms.